The molecule has 0 unspecified atom stereocenters. The third-order valence-electron chi connectivity index (χ3n) is 3.29. The topological polar surface area (TPSA) is 71.4 Å². The quantitative estimate of drug-likeness (QED) is 0.698. The van der Waals surface area contributed by atoms with Gasteiger partial charge in [0.15, 0.2) is 5.82 Å². The first kappa shape index (κ1) is 12.7. The molecule has 0 atom stereocenters. The summed E-state index contributed by atoms with van der Waals surface area (Å²) in [7, 11) is 0. The first-order valence-electron chi connectivity index (χ1n) is 6.77. The van der Waals surface area contributed by atoms with E-state index in [2.05, 4.69) is 38.4 Å². The Labute approximate surface area is 117 Å². The maximum absolute atomic E-state index is 4.45. The van der Waals surface area contributed by atoms with Gasteiger partial charge in [-0.05, 0) is 32.4 Å². The van der Waals surface area contributed by atoms with Crippen molar-refractivity contribution in [3.05, 3.63) is 36.0 Å². The number of nitrogens with zero attached hydrogens (tertiary/aromatic N) is 4. The highest BCUT2D eigenvalue weighted by molar-refractivity contribution is 5.85. The lowest BCUT2D eigenvalue weighted by atomic mass is 10.3. The van der Waals surface area contributed by atoms with E-state index in [4.69, 9.17) is 0 Å². The van der Waals surface area contributed by atoms with Gasteiger partial charge in [-0.2, -0.15) is 5.10 Å². The number of hydrogen-bond donors (Lipinski definition) is 2. The highest BCUT2D eigenvalue weighted by Gasteiger charge is 2.04. The first-order chi connectivity index (χ1) is 9.74. The van der Waals surface area contributed by atoms with Crippen molar-refractivity contribution in [1.29, 1.82) is 0 Å². The third-order valence-corrected chi connectivity index (χ3v) is 3.29. The second kappa shape index (κ2) is 5.32. The summed E-state index contributed by atoms with van der Waals surface area (Å²) in [6.45, 7) is 5.86. The standard InChI is InChI=1S/C14H18N6/c1-10-8-11(2)20(19-10)7-3-5-16-14-13-12(4-6-15-13)17-9-18-14/h4,6,8-9,15H,3,5,7H2,1-2H3,(H,16,17,18). The number of hydrogen-bond acceptors (Lipinski definition) is 4. The Balaban J connectivity index is 1.58. The van der Waals surface area contributed by atoms with E-state index >= 15 is 0 Å². The highest BCUT2D eigenvalue weighted by Crippen LogP contribution is 2.16. The Morgan fingerprint density at radius 2 is 2.20 bits per heavy atom. The van der Waals surface area contributed by atoms with Crippen LogP contribution in [0.2, 0.25) is 0 Å². The van der Waals surface area contributed by atoms with Crippen LogP contribution in [-0.4, -0.2) is 31.3 Å². The van der Waals surface area contributed by atoms with Gasteiger partial charge in [0.05, 0.1) is 11.2 Å². The number of anilines is 1. The highest BCUT2D eigenvalue weighted by atomic mass is 15.3. The van der Waals surface area contributed by atoms with Gasteiger partial charge >= 0.3 is 0 Å². The molecule has 3 rings (SSSR count). The molecular weight excluding hydrogens is 252 g/mol. The van der Waals surface area contributed by atoms with E-state index in [9.17, 15) is 0 Å². The minimum Gasteiger partial charge on any atom is -0.368 e. The van der Waals surface area contributed by atoms with Crippen LogP contribution >= 0.6 is 0 Å². The molecule has 104 valence electrons. The fourth-order valence-electron chi connectivity index (χ4n) is 2.34. The molecule has 20 heavy (non-hydrogen) atoms. The van der Waals surface area contributed by atoms with Crippen molar-refractivity contribution in [2.45, 2.75) is 26.8 Å². The average Bonchev–Trinajstić information content (AvgIpc) is 3.01. The van der Waals surface area contributed by atoms with Gasteiger partial charge in [-0.1, -0.05) is 0 Å². The van der Waals surface area contributed by atoms with Crippen molar-refractivity contribution in [1.82, 2.24) is 24.7 Å². The smallest absolute Gasteiger partial charge is 0.153 e. The minimum absolute atomic E-state index is 0.851. The van der Waals surface area contributed by atoms with Crippen molar-refractivity contribution in [3.63, 3.8) is 0 Å². The summed E-state index contributed by atoms with van der Waals surface area (Å²) < 4.78 is 2.04. The van der Waals surface area contributed by atoms with E-state index < -0.39 is 0 Å². The predicted molar refractivity (Wildman–Crippen MR) is 78.7 cm³/mol. The number of fused-ring (bicyclic) bond motifs is 1. The van der Waals surface area contributed by atoms with Crippen molar-refractivity contribution in [2.75, 3.05) is 11.9 Å². The molecule has 3 aromatic rings. The molecule has 0 fully saturated rings. The molecule has 0 aliphatic heterocycles. The second-order valence-electron chi connectivity index (χ2n) is 4.89. The zero-order valence-electron chi connectivity index (χ0n) is 11.7. The summed E-state index contributed by atoms with van der Waals surface area (Å²) in [4.78, 5) is 11.6. The first-order valence-corrected chi connectivity index (χ1v) is 6.77. The summed E-state index contributed by atoms with van der Waals surface area (Å²) >= 11 is 0. The third kappa shape index (κ3) is 2.49. The largest absolute Gasteiger partial charge is 0.368 e. The van der Waals surface area contributed by atoms with Gasteiger partial charge in [-0.3, -0.25) is 4.68 Å². The fourth-order valence-corrected chi connectivity index (χ4v) is 2.34. The Hall–Kier alpha value is -2.37. The van der Waals surface area contributed by atoms with Crippen LogP contribution in [0.25, 0.3) is 11.0 Å². The van der Waals surface area contributed by atoms with Gasteiger partial charge in [0.2, 0.25) is 0 Å². The van der Waals surface area contributed by atoms with Gasteiger partial charge in [0.25, 0.3) is 0 Å². The van der Waals surface area contributed by atoms with E-state index in [-0.39, 0.29) is 0 Å². The van der Waals surface area contributed by atoms with Crippen molar-refractivity contribution >= 4 is 16.9 Å². The molecule has 0 spiro atoms. The maximum atomic E-state index is 4.45. The average molecular weight is 270 g/mol. The molecule has 0 radical (unpaired) electrons. The number of nitrogens with one attached hydrogen (secondary N) is 2. The SMILES string of the molecule is Cc1cc(C)n(CCCNc2ncnc3cc[nH]c23)n1. The Morgan fingerprint density at radius 1 is 1.30 bits per heavy atom. The molecular formula is C14H18N6. The fraction of sp³-hybridized carbons (Fsp3) is 0.357. The van der Waals surface area contributed by atoms with Crippen LogP contribution in [0.15, 0.2) is 24.7 Å². The maximum Gasteiger partial charge on any atom is 0.153 e. The molecule has 3 aromatic heterocycles. The number of H-pyrrole nitrogens is 1. The molecule has 0 bridgehead atoms. The number of aromatic nitrogens is 5. The zero-order valence-corrected chi connectivity index (χ0v) is 11.7. The molecule has 2 N–H and O–H groups in total. The van der Waals surface area contributed by atoms with E-state index in [0.29, 0.717) is 0 Å². The summed E-state index contributed by atoms with van der Waals surface area (Å²) in [5, 5.41) is 7.80. The molecule has 0 aliphatic carbocycles. The van der Waals surface area contributed by atoms with E-state index in [1.165, 1.54) is 5.69 Å². The summed E-state index contributed by atoms with van der Waals surface area (Å²) in [5.41, 5.74) is 4.16. The molecule has 0 aromatic carbocycles. The van der Waals surface area contributed by atoms with Crippen LogP contribution < -0.4 is 5.32 Å². The molecule has 3 heterocycles. The molecule has 0 saturated carbocycles. The Kier molecular flexibility index (Phi) is 3.37. The summed E-state index contributed by atoms with van der Waals surface area (Å²) in [6, 6.07) is 4.04. The zero-order chi connectivity index (χ0) is 13.9. The summed E-state index contributed by atoms with van der Waals surface area (Å²) in [5.74, 6) is 0.855. The number of rotatable bonds is 5. The predicted octanol–water partition coefficient (Wildman–Crippen LogP) is 2.27. The lowest BCUT2D eigenvalue weighted by Gasteiger charge is -2.07. The molecule has 0 saturated heterocycles. The molecule has 0 amide bonds. The van der Waals surface area contributed by atoms with Crippen LogP contribution in [0.3, 0.4) is 0 Å². The number of aromatic amines is 1. The van der Waals surface area contributed by atoms with Gasteiger partial charge in [0.1, 0.15) is 11.8 Å². The van der Waals surface area contributed by atoms with Crippen molar-refractivity contribution in [2.24, 2.45) is 0 Å². The minimum atomic E-state index is 0.851. The lowest BCUT2D eigenvalue weighted by molar-refractivity contribution is 0.573. The van der Waals surface area contributed by atoms with Gasteiger partial charge in [-0.25, -0.2) is 9.97 Å². The summed E-state index contributed by atoms with van der Waals surface area (Å²) in [6.07, 6.45) is 4.45. The number of aryl methyl sites for hydroxylation is 3. The van der Waals surface area contributed by atoms with Crippen LogP contribution in [0.5, 0.6) is 0 Å². The van der Waals surface area contributed by atoms with Crippen molar-refractivity contribution < 1.29 is 0 Å². The van der Waals surface area contributed by atoms with Gasteiger partial charge in [0, 0.05) is 25.0 Å². The monoisotopic (exact) mass is 270 g/mol. The van der Waals surface area contributed by atoms with Gasteiger partial charge in [-0.15, -0.1) is 0 Å². The van der Waals surface area contributed by atoms with E-state index in [0.717, 1.165) is 42.1 Å². The molecule has 6 nitrogen and oxygen atoms in total. The van der Waals surface area contributed by atoms with Crippen LogP contribution in [0.1, 0.15) is 17.8 Å². The van der Waals surface area contributed by atoms with Crippen LogP contribution in [0, 0.1) is 13.8 Å². The van der Waals surface area contributed by atoms with Crippen LogP contribution in [-0.2, 0) is 6.54 Å². The van der Waals surface area contributed by atoms with E-state index in [1.807, 2.05) is 23.9 Å². The van der Waals surface area contributed by atoms with E-state index in [1.54, 1.807) is 6.33 Å². The lowest BCUT2D eigenvalue weighted by Crippen LogP contribution is -2.10. The molecule has 6 heteroatoms. The van der Waals surface area contributed by atoms with Crippen molar-refractivity contribution in [3.8, 4) is 0 Å². The van der Waals surface area contributed by atoms with Gasteiger partial charge < -0.3 is 10.3 Å². The molecule has 0 aliphatic rings. The van der Waals surface area contributed by atoms with Crippen LogP contribution in [0.4, 0.5) is 5.82 Å². The Morgan fingerprint density at radius 3 is 3.00 bits per heavy atom. The Bertz CT molecular complexity index is 711. The second-order valence-corrected chi connectivity index (χ2v) is 4.89. The normalized spacial score (nSPS) is 11.1.